The van der Waals surface area contributed by atoms with Crippen molar-refractivity contribution >= 4 is 5.91 Å². The summed E-state index contributed by atoms with van der Waals surface area (Å²) in [5, 5.41) is 3.28. The zero-order valence-electron chi connectivity index (χ0n) is 12.6. The molecule has 0 bridgehead atoms. The predicted molar refractivity (Wildman–Crippen MR) is 73.8 cm³/mol. The smallest absolute Gasteiger partial charge is 0.471 e. The van der Waals surface area contributed by atoms with Gasteiger partial charge in [-0.05, 0) is 6.07 Å². The molecule has 0 aromatic carbocycles. The number of hydrogen-bond acceptors (Lipinski definition) is 6. The molecule has 0 radical (unpaired) electrons. The first-order chi connectivity index (χ1) is 11.3. The Balaban J connectivity index is 1.66. The molecule has 0 N–H and O–H groups in total. The minimum absolute atomic E-state index is 0.0121. The number of ether oxygens (including phenoxy) is 1. The summed E-state index contributed by atoms with van der Waals surface area (Å²) in [6.45, 7) is 2.61. The number of likely N-dealkylation sites (tertiary alicyclic amines) is 1. The van der Waals surface area contributed by atoms with Gasteiger partial charge in [-0.2, -0.15) is 18.2 Å². The fourth-order valence-electron chi connectivity index (χ4n) is 2.32. The van der Waals surface area contributed by atoms with Gasteiger partial charge in [-0.15, -0.1) is 0 Å². The van der Waals surface area contributed by atoms with Crippen molar-refractivity contribution in [1.82, 2.24) is 20.0 Å². The number of carbonyl (C=O) groups is 1. The van der Waals surface area contributed by atoms with E-state index in [-0.39, 0.29) is 23.4 Å². The van der Waals surface area contributed by atoms with E-state index >= 15 is 0 Å². The highest BCUT2D eigenvalue weighted by Gasteiger charge is 2.38. The molecule has 1 aliphatic rings. The number of amides is 1. The summed E-state index contributed by atoms with van der Waals surface area (Å²) in [6, 6.07) is 3.00. The SMILES string of the molecule is CC(=O)N1CC[C@H](Oc2ccc(-c3noc(C(F)(F)F)n3)cn2)C1. The summed E-state index contributed by atoms with van der Waals surface area (Å²) >= 11 is 0. The number of hydrogen-bond donors (Lipinski definition) is 0. The fourth-order valence-corrected chi connectivity index (χ4v) is 2.32. The first-order valence-electron chi connectivity index (χ1n) is 7.12. The second-order valence-electron chi connectivity index (χ2n) is 5.30. The van der Waals surface area contributed by atoms with Crippen LogP contribution in [0.25, 0.3) is 11.4 Å². The summed E-state index contributed by atoms with van der Waals surface area (Å²) in [6.07, 6.45) is -2.84. The van der Waals surface area contributed by atoms with Gasteiger partial charge in [0, 0.05) is 37.7 Å². The summed E-state index contributed by atoms with van der Waals surface area (Å²) in [5.41, 5.74) is 0.276. The summed E-state index contributed by atoms with van der Waals surface area (Å²) in [7, 11) is 0. The lowest BCUT2D eigenvalue weighted by Crippen LogP contribution is -2.28. The molecule has 0 spiro atoms. The van der Waals surface area contributed by atoms with Gasteiger partial charge in [0.15, 0.2) is 0 Å². The van der Waals surface area contributed by atoms with Crippen LogP contribution in [-0.2, 0) is 11.0 Å². The number of carbonyl (C=O) groups excluding carboxylic acids is 1. The minimum Gasteiger partial charge on any atom is -0.472 e. The van der Waals surface area contributed by atoms with E-state index in [1.165, 1.54) is 25.3 Å². The van der Waals surface area contributed by atoms with Crippen molar-refractivity contribution in [3.63, 3.8) is 0 Å². The first kappa shape index (κ1) is 16.2. The van der Waals surface area contributed by atoms with Crippen LogP contribution in [0.5, 0.6) is 5.88 Å². The highest BCUT2D eigenvalue weighted by atomic mass is 19.4. The molecular formula is C14H13F3N4O3. The summed E-state index contributed by atoms with van der Waals surface area (Å²) < 4.78 is 47.1. The Morgan fingerprint density at radius 1 is 1.42 bits per heavy atom. The molecule has 1 aliphatic heterocycles. The molecule has 1 atom stereocenters. The van der Waals surface area contributed by atoms with Crippen molar-refractivity contribution in [3.05, 3.63) is 24.2 Å². The Morgan fingerprint density at radius 2 is 2.21 bits per heavy atom. The molecule has 0 aliphatic carbocycles. The number of aromatic nitrogens is 3. The average molecular weight is 342 g/mol. The lowest BCUT2D eigenvalue weighted by atomic mass is 10.2. The minimum atomic E-state index is -4.69. The van der Waals surface area contributed by atoms with E-state index in [9.17, 15) is 18.0 Å². The maximum absolute atomic E-state index is 12.4. The van der Waals surface area contributed by atoms with Gasteiger partial charge < -0.3 is 14.2 Å². The van der Waals surface area contributed by atoms with Crippen molar-refractivity contribution in [2.45, 2.75) is 25.6 Å². The lowest BCUT2D eigenvalue weighted by molar-refractivity contribution is -0.159. The van der Waals surface area contributed by atoms with Gasteiger partial charge >= 0.3 is 12.1 Å². The van der Waals surface area contributed by atoms with E-state index in [0.717, 1.165) is 0 Å². The topological polar surface area (TPSA) is 81.4 Å². The van der Waals surface area contributed by atoms with Gasteiger partial charge in [-0.25, -0.2) is 4.98 Å². The Kier molecular flexibility index (Phi) is 4.12. The quantitative estimate of drug-likeness (QED) is 0.850. The molecule has 2 aromatic rings. The second kappa shape index (κ2) is 6.10. The molecule has 0 unspecified atom stereocenters. The molecule has 7 nitrogen and oxygen atoms in total. The van der Waals surface area contributed by atoms with Gasteiger partial charge in [0.2, 0.25) is 17.6 Å². The maximum Gasteiger partial charge on any atom is 0.471 e. The van der Waals surface area contributed by atoms with E-state index in [2.05, 4.69) is 19.6 Å². The molecule has 24 heavy (non-hydrogen) atoms. The monoisotopic (exact) mass is 342 g/mol. The van der Waals surface area contributed by atoms with Crippen LogP contribution in [0.3, 0.4) is 0 Å². The van der Waals surface area contributed by atoms with Gasteiger partial charge in [-0.3, -0.25) is 4.79 Å². The number of rotatable bonds is 3. The molecule has 128 valence electrons. The standard InChI is InChI=1S/C14H13F3N4O3/c1-8(22)21-5-4-10(7-21)23-11-3-2-9(6-18-11)12-19-13(24-20-12)14(15,16)17/h2-3,6,10H,4-5,7H2,1H3/t10-/m0/s1. The van der Waals surface area contributed by atoms with E-state index in [4.69, 9.17) is 4.74 Å². The number of nitrogens with zero attached hydrogens (tertiary/aromatic N) is 4. The van der Waals surface area contributed by atoms with Crippen molar-refractivity contribution in [1.29, 1.82) is 0 Å². The van der Waals surface area contributed by atoms with Crippen molar-refractivity contribution < 1.29 is 27.2 Å². The van der Waals surface area contributed by atoms with Crippen LogP contribution in [0.2, 0.25) is 0 Å². The highest BCUT2D eigenvalue weighted by Crippen LogP contribution is 2.29. The Hall–Kier alpha value is -2.65. The molecule has 3 rings (SSSR count). The van der Waals surface area contributed by atoms with Crippen LogP contribution >= 0.6 is 0 Å². The second-order valence-corrected chi connectivity index (χ2v) is 5.30. The van der Waals surface area contributed by atoms with Gasteiger partial charge in [-0.1, -0.05) is 5.16 Å². The van der Waals surface area contributed by atoms with E-state index in [1.807, 2.05) is 0 Å². The van der Waals surface area contributed by atoms with Gasteiger partial charge in [0.25, 0.3) is 0 Å². The Bertz CT molecular complexity index is 730. The lowest BCUT2D eigenvalue weighted by Gasteiger charge is -2.14. The third-order valence-corrected chi connectivity index (χ3v) is 3.54. The summed E-state index contributed by atoms with van der Waals surface area (Å²) in [5.74, 6) is -1.31. The van der Waals surface area contributed by atoms with Crippen molar-refractivity contribution in [3.8, 4) is 17.3 Å². The fraction of sp³-hybridized carbons (Fsp3) is 0.429. The first-order valence-corrected chi connectivity index (χ1v) is 7.12. The predicted octanol–water partition coefficient (Wildman–Crippen LogP) is 2.15. The average Bonchev–Trinajstić information content (AvgIpc) is 3.16. The van der Waals surface area contributed by atoms with Crippen LogP contribution in [-0.4, -0.2) is 45.1 Å². The molecule has 1 saturated heterocycles. The van der Waals surface area contributed by atoms with Gasteiger partial charge in [0.05, 0.1) is 6.54 Å². The van der Waals surface area contributed by atoms with Crippen LogP contribution in [0, 0.1) is 0 Å². The highest BCUT2D eigenvalue weighted by molar-refractivity contribution is 5.73. The number of pyridine rings is 1. The largest absolute Gasteiger partial charge is 0.472 e. The number of alkyl halides is 3. The normalized spacial score (nSPS) is 18.0. The molecule has 0 saturated carbocycles. The zero-order chi connectivity index (χ0) is 17.3. The van der Waals surface area contributed by atoms with Crippen molar-refractivity contribution in [2.75, 3.05) is 13.1 Å². The summed E-state index contributed by atoms with van der Waals surface area (Å²) in [4.78, 5) is 20.3. The molecule has 1 fully saturated rings. The van der Waals surface area contributed by atoms with Crippen molar-refractivity contribution in [2.24, 2.45) is 0 Å². The molecule has 10 heteroatoms. The van der Waals surface area contributed by atoms with Crippen LogP contribution in [0.15, 0.2) is 22.9 Å². The maximum atomic E-state index is 12.4. The number of halogens is 3. The zero-order valence-corrected chi connectivity index (χ0v) is 12.6. The molecular weight excluding hydrogens is 329 g/mol. The Morgan fingerprint density at radius 3 is 2.75 bits per heavy atom. The van der Waals surface area contributed by atoms with E-state index < -0.39 is 12.1 Å². The Labute approximate surface area is 134 Å². The molecule has 3 heterocycles. The van der Waals surface area contributed by atoms with E-state index in [0.29, 0.717) is 25.4 Å². The molecule has 2 aromatic heterocycles. The van der Waals surface area contributed by atoms with E-state index in [1.54, 1.807) is 4.90 Å². The third kappa shape index (κ3) is 3.47. The van der Waals surface area contributed by atoms with Gasteiger partial charge in [0.1, 0.15) is 6.10 Å². The van der Waals surface area contributed by atoms with Crippen LogP contribution in [0.1, 0.15) is 19.2 Å². The van der Waals surface area contributed by atoms with Crippen LogP contribution in [0.4, 0.5) is 13.2 Å². The third-order valence-electron chi connectivity index (χ3n) is 3.54. The molecule has 1 amide bonds. The van der Waals surface area contributed by atoms with Crippen LogP contribution < -0.4 is 4.74 Å².